The summed E-state index contributed by atoms with van der Waals surface area (Å²) in [5, 5.41) is 12.6. The predicted molar refractivity (Wildman–Crippen MR) is 143 cm³/mol. The van der Waals surface area contributed by atoms with Gasteiger partial charge in [0.1, 0.15) is 5.82 Å². The summed E-state index contributed by atoms with van der Waals surface area (Å²) >= 11 is 0. The highest BCUT2D eigenvalue weighted by molar-refractivity contribution is 6.06. The van der Waals surface area contributed by atoms with E-state index in [1.165, 1.54) is 12.1 Å². The molecule has 0 radical (unpaired) electrons. The summed E-state index contributed by atoms with van der Waals surface area (Å²) in [6, 6.07) is 14.6. The third-order valence-corrected chi connectivity index (χ3v) is 8.03. The number of ether oxygens (including phenoxy) is 1. The number of carboxylic acid groups (broad SMARTS) is 1. The molecule has 200 valence electrons. The molecule has 2 aromatic carbocycles. The van der Waals surface area contributed by atoms with Crippen LogP contribution in [0.5, 0.6) is 6.01 Å². The van der Waals surface area contributed by atoms with E-state index in [-0.39, 0.29) is 29.1 Å². The lowest BCUT2D eigenvalue weighted by molar-refractivity contribution is -0.155. The zero-order valence-electron chi connectivity index (χ0n) is 21.6. The summed E-state index contributed by atoms with van der Waals surface area (Å²) in [4.78, 5) is 33.0. The Morgan fingerprint density at radius 1 is 1.10 bits per heavy atom. The van der Waals surface area contributed by atoms with Crippen LogP contribution in [0.2, 0.25) is 0 Å². The molecule has 2 saturated carbocycles. The van der Waals surface area contributed by atoms with Gasteiger partial charge < -0.3 is 19.7 Å². The maximum absolute atomic E-state index is 14.7. The van der Waals surface area contributed by atoms with E-state index in [0.717, 1.165) is 29.7 Å². The molecule has 2 fully saturated rings. The van der Waals surface area contributed by atoms with Crippen molar-refractivity contribution in [1.82, 2.24) is 19.9 Å². The van der Waals surface area contributed by atoms with E-state index in [0.29, 0.717) is 48.5 Å². The summed E-state index contributed by atoms with van der Waals surface area (Å²) in [6.07, 6.45) is 6.41. The van der Waals surface area contributed by atoms with Gasteiger partial charge in [-0.05, 0) is 67.9 Å². The molecule has 2 aliphatic carbocycles. The van der Waals surface area contributed by atoms with Gasteiger partial charge in [-0.3, -0.25) is 9.59 Å². The first kappa shape index (κ1) is 25.0. The molecule has 1 amide bonds. The van der Waals surface area contributed by atoms with Crippen LogP contribution in [0.4, 0.5) is 4.39 Å². The van der Waals surface area contributed by atoms with Crippen molar-refractivity contribution in [2.45, 2.75) is 45.2 Å². The molecule has 6 rings (SSSR count). The summed E-state index contributed by atoms with van der Waals surface area (Å²) in [7, 11) is 0. The Morgan fingerprint density at radius 3 is 2.59 bits per heavy atom. The lowest BCUT2D eigenvalue weighted by atomic mass is 9.50. The van der Waals surface area contributed by atoms with Gasteiger partial charge in [0.15, 0.2) is 0 Å². The average molecular weight is 529 g/mol. The fourth-order valence-corrected chi connectivity index (χ4v) is 6.13. The largest absolute Gasteiger partial charge is 0.481 e. The number of carbonyl (C=O) groups is 2. The molecular formula is C30H29FN4O4. The molecular weight excluding hydrogens is 499 g/mol. The Morgan fingerprint density at radius 2 is 1.87 bits per heavy atom. The molecule has 8 nitrogen and oxygen atoms in total. The van der Waals surface area contributed by atoms with Crippen LogP contribution in [-0.4, -0.2) is 44.2 Å². The second-order valence-electron chi connectivity index (χ2n) is 10.7. The first-order valence-corrected chi connectivity index (χ1v) is 13.2. The Balaban J connectivity index is 1.18. The highest BCUT2D eigenvalue weighted by atomic mass is 19.1. The second kappa shape index (κ2) is 9.80. The molecule has 1 spiro atoms. The van der Waals surface area contributed by atoms with E-state index in [1.807, 2.05) is 41.8 Å². The molecule has 2 N–H and O–H groups in total. The summed E-state index contributed by atoms with van der Waals surface area (Å²) in [6.45, 7) is 2.83. The number of nitrogens with one attached hydrogen (secondary N) is 1. The first-order valence-electron chi connectivity index (χ1n) is 13.2. The van der Waals surface area contributed by atoms with Crippen LogP contribution in [0.1, 0.15) is 48.5 Å². The van der Waals surface area contributed by atoms with Gasteiger partial charge in [-0.2, -0.15) is 4.98 Å². The maximum atomic E-state index is 14.7. The van der Waals surface area contributed by atoms with Crippen molar-refractivity contribution in [1.29, 1.82) is 0 Å². The topological polar surface area (TPSA) is 106 Å². The lowest BCUT2D eigenvalue weighted by Gasteiger charge is -2.56. The molecule has 0 saturated heterocycles. The third-order valence-electron chi connectivity index (χ3n) is 8.03. The van der Waals surface area contributed by atoms with E-state index < -0.39 is 5.97 Å². The van der Waals surface area contributed by atoms with Crippen molar-refractivity contribution >= 4 is 22.8 Å². The Labute approximate surface area is 224 Å². The van der Waals surface area contributed by atoms with Gasteiger partial charge in [-0.25, -0.2) is 9.37 Å². The average Bonchev–Trinajstić information content (AvgIpc) is 3.30. The number of hydrogen-bond donors (Lipinski definition) is 2. The highest BCUT2D eigenvalue weighted by Gasteiger charge is 2.55. The summed E-state index contributed by atoms with van der Waals surface area (Å²) in [5.74, 6) is -1.61. The van der Waals surface area contributed by atoms with Crippen LogP contribution in [0.25, 0.3) is 22.2 Å². The molecule has 2 aliphatic rings. The summed E-state index contributed by atoms with van der Waals surface area (Å²) in [5.41, 5.74) is 3.70. The lowest BCUT2D eigenvalue weighted by Crippen LogP contribution is -2.57. The summed E-state index contributed by atoms with van der Waals surface area (Å²) < 4.78 is 22.0. The van der Waals surface area contributed by atoms with Gasteiger partial charge in [0.25, 0.3) is 5.91 Å². The van der Waals surface area contributed by atoms with Crippen LogP contribution in [0, 0.1) is 17.2 Å². The van der Waals surface area contributed by atoms with E-state index >= 15 is 0 Å². The van der Waals surface area contributed by atoms with E-state index in [1.54, 1.807) is 18.5 Å². The molecule has 39 heavy (non-hydrogen) atoms. The minimum absolute atomic E-state index is 0.00772. The highest BCUT2D eigenvalue weighted by Crippen LogP contribution is 2.58. The molecule has 0 unspecified atom stereocenters. The molecule has 2 aromatic heterocycles. The minimum Gasteiger partial charge on any atom is -0.481 e. The standard InChI is InChI=1S/C30H29FN4O4/c1-2-39-29-32-11-9-25(34-29)19-5-3-18(4-6-19)17-35-12-10-22-24(31)8-7-23(26(22)35)27(36)33-21-15-30(16-21)13-20(14-30)28(37)38/h3-12,20-21H,2,13-17H2,1H3,(H,33,36)(H,37,38). The van der Waals surface area contributed by atoms with Crippen molar-refractivity contribution in [2.75, 3.05) is 6.61 Å². The smallest absolute Gasteiger partial charge is 0.316 e. The number of amides is 1. The number of fused-ring (bicyclic) bond motifs is 1. The van der Waals surface area contributed by atoms with Crippen LogP contribution < -0.4 is 10.1 Å². The number of rotatable bonds is 8. The van der Waals surface area contributed by atoms with Crippen LogP contribution in [-0.2, 0) is 11.3 Å². The van der Waals surface area contributed by atoms with Crippen LogP contribution in [0.15, 0.2) is 60.9 Å². The van der Waals surface area contributed by atoms with E-state index in [4.69, 9.17) is 9.84 Å². The molecule has 0 atom stereocenters. The monoisotopic (exact) mass is 528 g/mol. The maximum Gasteiger partial charge on any atom is 0.316 e. The number of halogens is 1. The molecule has 0 bridgehead atoms. The van der Waals surface area contributed by atoms with Gasteiger partial charge in [0.05, 0.1) is 29.3 Å². The van der Waals surface area contributed by atoms with Crippen molar-refractivity contribution in [3.8, 4) is 17.3 Å². The van der Waals surface area contributed by atoms with Gasteiger partial charge >= 0.3 is 12.0 Å². The predicted octanol–water partition coefficient (Wildman–Crippen LogP) is 5.06. The number of aromatic nitrogens is 3. The van der Waals surface area contributed by atoms with Gasteiger partial charge in [-0.15, -0.1) is 0 Å². The van der Waals surface area contributed by atoms with Crippen molar-refractivity contribution < 1.29 is 23.8 Å². The third kappa shape index (κ3) is 4.73. The SMILES string of the molecule is CCOc1nccc(-c2ccc(Cn3ccc4c(F)ccc(C(=O)NC5CC6(C5)CC(C(=O)O)C6)c43)cc2)n1. The van der Waals surface area contributed by atoms with Crippen LogP contribution >= 0.6 is 0 Å². The van der Waals surface area contributed by atoms with Crippen LogP contribution in [0.3, 0.4) is 0 Å². The second-order valence-corrected chi connectivity index (χ2v) is 10.7. The number of hydrogen-bond acceptors (Lipinski definition) is 5. The zero-order valence-corrected chi connectivity index (χ0v) is 21.6. The Hall–Kier alpha value is -4.27. The van der Waals surface area contributed by atoms with Crippen molar-refractivity contribution in [3.05, 3.63) is 77.9 Å². The zero-order chi connectivity index (χ0) is 27.1. The Bertz CT molecular complexity index is 1550. The number of nitrogens with zero attached hydrogens (tertiary/aromatic N) is 3. The van der Waals surface area contributed by atoms with Gasteiger partial charge in [-0.1, -0.05) is 24.3 Å². The number of aliphatic carboxylic acids is 1. The van der Waals surface area contributed by atoms with Crippen molar-refractivity contribution in [3.63, 3.8) is 0 Å². The Kier molecular flexibility index (Phi) is 6.29. The molecule has 9 heteroatoms. The first-order chi connectivity index (χ1) is 18.8. The van der Waals surface area contributed by atoms with E-state index in [2.05, 4.69) is 15.3 Å². The number of carboxylic acids is 1. The quantitative estimate of drug-likeness (QED) is 0.331. The molecule has 2 heterocycles. The minimum atomic E-state index is -0.734. The number of carbonyl (C=O) groups excluding carboxylic acids is 1. The van der Waals surface area contributed by atoms with Gasteiger partial charge in [0.2, 0.25) is 0 Å². The van der Waals surface area contributed by atoms with Gasteiger partial charge in [0, 0.05) is 35.9 Å². The molecule has 4 aromatic rings. The number of benzene rings is 2. The normalized spacial score (nSPS) is 21.8. The van der Waals surface area contributed by atoms with Crippen molar-refractivity contribution in [2.24, 2.45) is 11.3 Å². The van der Waals surface area contributed by atoms with E-state index in [9.17, 15) is 14.0 Å². The molecule has 0 aliphatic heterocycles. The fraction of sp³-hybridized carbons (Fsp3) is 0.333. The fourth-order valence-electron chi connectivity index (χ4n) is 6.13.